The number of hydrogen-bond donors (Lipinski definition) is 5. The van der Waals surface area contributed by atoms with E-state index in [0.29, 0.717) is 10.6 Å². The van der Waals surface area contributed by atoms with Gasteiger partial charge in [-0.3, -0.25) is 16.0 Å². The third kappa shape index (κ3) is 2.68. The van der Waals surface area contributed by atoms with E-state index in [-0.39, 0.29) is 6.61 Å². The number of likely N-dealkylation sites (N-methyl/N-ethyl adjacent to an activating group) is 3. The molecule has 0 spiro atoms. The Bertz CT molecular complexity index is 469. The molecule has 1 aromatic rings. The molecular weight excluding hydrogens is 280 g/mol. The minimum Gasteiger partial charge on any atom is -0.360 e. The van der Waals surface area contributed by atoms with E-state index in [9.17, 15) is 5.11 Å². The summed E-state index contributed by atoms with van der Waals surface area (Å²) in [5.74, 6) is -2.12. The highest BCUT2D eigenvalue weighted by molar-refractivity contribution is 6.30. The van der Waals surface area contributed by atoms with E-state index in [1.54, 1.807) is 31.3 Å². The van der Waals surface area contributed by atoms with Crippen LogP contribution >= 0.6 is 11.6 Å². The number of aliphatic hydroxyl groups is 1. The number of halogens is 1. The molecule has 2 rings (SSSR count). The number of hydrogen-bond acceptors (Lipinski definition) is 6. The van der Waals surface area contributed by atoms with Crippen LogP contribution in [0.5, 0.6) is 0 Å². The SMILES string of the molecule is CNC1NC(NC)(NC)COC1(O)c1cccc(Cl)c1. The molecule has 1 saturated heterocycles. The van der Waals surface area contributed by atoms with Gasteiger partial charge in [-0.05, 0) is 33.3 Å². The Balaban J connectivity index is 2.32. The fourth-order valence-electron chi connectivity index (χ4n) is 2.33. The maximum atomic E-state index is 10.9. The summed E-state index contributed by atoms with van der Waals surface area (Å²) < 4.78 is 5.75. The van der Waals surface area contributed by atoms with E-state index >= 15 is 0 Å². The van der Waals surface area contributed by atoms with Crippen molar-refractivity contribution < 1.29 is 9.84 Å². The molecule has 1 aromatic carbocycles. The highest BCUT2D eigenvalue weighted by atomic mass is 35.5. The lowest BCUT2D eigenvalue weighted by molar-refractivity contribution is -0.280. The average molecular weight is 301 g/mol. The Morgan fingerprint density at radius 2 is 2.05 bits per heavy atom. The second-order valence-electron chi connectivity index (χ2n) is 4.77. The van der Waals surface area contributed by atoms with Crippen LogP contribution < -0.4 is 21.3 Å². The molecule has 0 bridgehead atoms. The van der Waals surface area contributed by atoms with Crippen LogP contribution in [-0.4, -0.2) is 44.8 Å². The van der Waals surface area contributed by atoms with Gasteiger partial charge in [-0.1, -0.05) is 23.7 Å². The second-order valence-corrected chi connectivity index (χ2v) is 5.20. The van der Waals surface area contributed by atoms with Crippen LogP contribution in [0.4, 0.5) is 0 Å². The van der Waals surface area contributed by atoms with Crippen LogP contribution in [0.1, 0.15) is 5.56 Å². The van der Waals surface area contributed by atoms with Crippen LogP contribution in [0.25, 0.3) is 0 Å². The predicted octanol–water partition coefficient (Wildman–Crippen LogP) is -0.257. The molecular formula is C13H21ClN4O2. The van der Waals surface area contributed by atoms with Crippen LogP contribution in [0.2, 0.25) is 5.02 Å². The first-order valence-electron chi connectivity index (χ1n) is 6.45. The minimum absolute atomic E-state index is 0.237. The van der Waals surface area contributed by atoms with E-state index in [1.807, 2.05) is 14.1 Å². The zero-order chi connectivity index (χ0) is 14.8. The Morgan fingerprint density at radius 1 is 1.35 bits per heavy atom. The van der Waals surface area contributed by atoms with Gasteiger partial charge in [0.25, 0.3) is 0 Å². The fraction of sp³-hybridized carbons (Fsp3) is 0.538. The van der Waals surface area contributed by atoms with Gasteiger partial charge < -0.3 is 15.2 Å². The molecule has 1 heterocycles. The van der Waals surface area contributed by atoms with Gasteiger partial charge in [0, 0.05) is 10.6 Å². The van der Waals surface area contributed by atoms with Gasteiger partial charge >= 0.3 is 0 Å². The lowest BCUT2D eigenvalue weighted by Gasteiger charge is -2.49. The number of nitrogens with one attached hydrogen (secondary N) is 4. The largest absolute Gasteiger partial charge is 0.360 e. The summed E-state index contributed by atoms with van der Waals surface area (Å²) in [7, 11) is 5.37. The smallest absolute Gasteiger partial charge is 0.222 e. The van der Waals surface area contributed by atoms with E-state index < -0.39 is 17.7 Å². The van der Waals surface area contributed by atoms with E-state index in [0.717, 1.165) is 0 Å². The molecule has 0 amide bonds. The zero-order valence-corrected chi connectivity index (χ0v) is 12.6. The van der Waals surface area contributed by atoms with Crippen molar-refractivity contribution in [1.82, 2.24) is 21.3 Å². The van der Waals surface area contributed by atoms with Crippen molar-refractivity contribution in [2.45, 2.75) is 17.7 Å². The zero-order valence-electron chi connectivity index (χ0n) is 11.8. The van der Waals surface area contributed by atoms with Gasteiger partial charge in [-0.15, -0.1) is 0 Å². The topological polar surface area (TPSA) is 77.6 Å². The monoisotopic (exact) mass is 300 g/mol. The standard InChI is InChI=1S/C13H21ClN4O2/c1-15-11-13(19,9-5-4-6-10(14)7-9)20-8-12(16-2,17-3)18-11/h4-7,11,15-19H,8H2,1-3H3. The average Bonchev–Trinajstić information content (AvgIpc) is 2.48. The minimum atomic E-state index is -1.50. The molecule has 7 heteroatoms. The summed E-state index contributed by atoms with van der Waals surface area (Å²) in [5.41, 5.74) is 0.595. The van der Waals surface area contributed by atoms with Gasteiger partial charge in [0.05, 0.1) is 6.61 Å². The van der Waals surface area contributed by atoms with Crippen LogP contribution in [0.15, 0.2) is 24.3 Å². The van der Waals surface area contributed by atoms with Crippen molar-refractivity contribution in [1.29, 1.82) is 0 Å². The molecule has 1 fully saturated rings. The Labute approximate surface area is 123 Å². The van der Waals surface area contributed by atoms with E-state index in [2.05, 4.69) is 21.3 Å². The summed E-state index contributed by atoms with van der Waals surface area (Å²) in [6, 6.07) is 7.01. The van der Waals surface area contributed by atoms with Gasteiger partial charge in [-0.2, -0.15) is 0 Å². The fourth-order valence-corrected chi connectivity index (χ4v) is 2.52. The third-order valence-corrected chi connectivity index (χ3v) is 3.91. The van der Waals surface area contributed by atoms with E-state index in [1.165, 1.54) is 0 Å². The molecule has 20 heavy (non-hydrogen) atoms. The van der Waals surface area contributed by atoms with Crippen molar-refractivity contribution in [3.63, 3.8) is 0 Å². The quantitative estimate of drug-likeness (QED) is 0.494. The van der Waals surface area contributed by atoms with Gasteiger partial charge in [-0.25, -0.2) is 0 Å². The molecule has 0 aromatic heterocycles. The van der Waals surface area contributed by atoms with Crippen molar-refractivity contribution in [2.75, 3.05) is 27.7 Å². The molecule has 0 saturated carbocycles. The third-order valence-electron chi connectivity index (χ3n) is 3.67. The Morgan fingerprint density at radius 3 is 2.60 bits per heavy atom. The maximum Gasteiger partial charge on any atom is 0.222 e. The van der Waals surface area contributed by atoms with Crippen LogP contribution in [-0.2, 0) is 10.5 Å². The van der Waals surface area contributed by atoms with Gasteiger partial charge in [0.15, 0.2) is 0 Å². The summed E-state index contributed by atoms with van der Waals surface area (Å²) in [5, 5.41) is 24.0. The molecule has 6 nitrogen and oxygen atoms in total. The maximum absolute atomic E-state index is 10.9. The van der Waals surface area contributed by atoms with E-state index in [4.69, 9.17) is 16.3 Å². The summed E-state index contributed by atoms with van der Waals surface area (Å²) in [4.78, 5) is 0. The van der Waals surface area contributed by atoms with Crippen LogP contribution in [0.3, 0.4) is 0 Å². The number of rotatable bonds is 4. The second kappa shape index (κ2) is 5.95. The van der Waals surface area contributed by atoms with Crippen LogP contribution in [0, 0.1) is 0 Å². The molecule has 5 N–H and O–H groups in total. The summed E-state index contributed by atoms with van der Waals surface area (Å²) in [6.45, 7) is 0.237. The molecule has 1 aliphatic rings. The lowest BCUT2D eigenvalue weighted by Crippen LogP contribution is -2.78. The highest BCUT2D eigenvalue weighted by Crippen LogP contribution is 2.31. The first-order valence-corrected chi connectivity index (χ1v) is 6.82. The number of ether oxygens (including phenoxy) is 1. The number of morpholine rings is 1. The van der Waals surface area contributed by atoms with Gasteiger partial charge in [0.2, 0.25) is 5.79 Å². The normalized spacial score (nSPS) is 29.4. The molecule has 0 radical (unpaired) electrons. The molecule has 0 aliphatic carbocycles. The van der Waals surface area contributed by atoms with Crippen molar-refractivity contribution in [3.8, 4) is 0 Å². The van der Waals surface area contributed by atoms with Crippen molar-refractivity contribution in [3.05, 3.63) is 34.9 Å². The molecule has 112 valence electrons. The Kier molecular flexibility index (Phi) is 4.66. The first-order chi connectivity index (χ1) is 9.49. The molecule has 2 atom stereocenters. The predicted molar refractivity (Wildman–Crippen MR) is 78.1 cm³/mol. The Hall–Kier alpha value is -0.730. The molecule has 1 aliphatic heterocycles. The van der Waals surface area contributed by atoms with Gasteiger partial charge in [0.1, 0.15) is 12.0 Å². The lowest BCUT2D eigenvalue weighted by atomic mass is 10.00. The summed E-state index contributed by atoms with van der Waals surface area (Å²) in [6.07, 6.45) is -0.519. The van der Waals surface area contributed by atoms with Crippen molar-refractivity contribution >= 4 is 11.6 Å². The highest BCUT2D eigenvalue weighted by Gasteiger charge is 2.49. The number of benzene rings is 1. The first kappa shape index (κ1) is 15.7. The molecule has 2 unspecified atom stereocenters. The summed E-state index contributed by atoms with van der Waals surface area (Å²) >= 11 is 6.00. The van der Waals surface area contributed by atoms with Crippen molar-refractivity contribution in [2.24, 2.45) is 0 Å².